The molecule has 0 aliphatic rings. The van der Waals surface area contributed by atoms with Gasteiger partial charge in [-0.2, -0.15) is 0 Å². The molecule has 0 saturated carbocycles. The third-order valence-corrected chi connectivity index (χ3v) is 6.10. The molecule has 2 unspecified atom stereocenters. The van der Waals surface area contributed by atoms with Gasteiger partial charge in [-0.15, -0.1) is 0 Å². The highest BCUT2D eigenvalue weighted by Crippen LogP contribution is 2.38. The maximum absolute atomic E-state index is 12.9. The van der Waals surface area contributed by atoms with Crippen LogP contribution in [0.5, 0.6) is 0 Å². The van der Waals surface area contributed by atoms with Crippen molar-refractivity contribution < 1.29 is 38.9 Å². The predicted molar refractivity (Wildman–Crippen MR) is 142 cm³/mol. The van der Waals surface area contributed by atoms with Gasteiger partial charge in [0.1, 0.15) is 19.3 Å². The van der Waals surface area contributed by atoms with Gasteiger partial charge in [-0.3, -0.25) is 24.1 Å². The van der Waals surface area contributed by atoms with Crippen LogP contribution in [0.3, 0.4) is 0 Å². The van der Waals surface area contributed by atoms with E-state index in [9.17, 15) is 24.3 Å². The minimum absolute atomic E-state index is 0.0716. The van der Waals surface area contributed by atoms with Crippen LogP contribution in [0, 0.1) is 10.8 Å². The summed E-state index contributed by atoms with van der Waals surface area (Å²) in [4.78, 5) is 51.0. The lowest BCUT2D eigenvalue weighted by atomic mass is 9.72. The molecule has 0 aromatic heterocycles. The molecule has 0 saturated heterocycles. The molecule has 2 amide bonds. The Hall–Kier alpha value is -2.32. The van der Waals surface area contributed by atoms with E-state index in [-0.39, 0.29) is 70.5 Å². The summed E-state index contributed by atoms with van der Waals surface area (Å²) in [5.41, 5.74) is 8.79. The summed E-state index contributed by atoms with van der Waals surface area (Å²) in [6, 6.07) is 0. The minimum Gasteiger partial charge on any atom is -0.463 e. The van der Waals surface area contributed by atoms with E-state index in [0.717, 1.165) is 0 Å². The van der Waals surface area contributed by atoms with Crippen molar-refractivity contribution in [3.63, 3.8) is 0 Å². The average Bonchev–Trinajstić information content (AvgIpc) is 2.88. The largest absolute Gasteiger partial charge is 0.463 e. The lowest BCUT2D eigenvalue weighted by Crippen LogP contribution is -2.42. The number of carbonyl (C=O) groups excluding carboxylic acids is 4. The van der Waals surface area contributed by atoms with Crippen molar-refractivity contribution in [3.05, 3.63) is 0 Å². The number of aliphatic hydroxyl groups excluding tert-OH is 2. The molecule has 0 spiro atoms. The molecule has 0 bridgehead atoms. The summed E-state index contributed by atoms with van der Waals surface area (Å²) in [6.07, 6.45) is -0.209. The number of hydrogen-bond donors (Lipinski definition) is 6. The number of rotatable bonds is 21. The highest BCUT2D eigenvalue weighted by atomic mass is 16.5. The zero-order valence-corrected chi connectivity index (χ0v) is 23.4. The van der Waals surface area contributed by atoms with Crippen molar-refractivity contribution in [2.75, 3.05) is 65.6 Å². The van der Waals surface area contributed by atoms with Crippen molar-refractivity contribution in [3.8, 4) is 0 Å². The molecule has 0 aromatic carbocycles. The standard InChI is InChI=1S/C25H49N5O8/c1-5-25(4,23(36)37-15-14-31)18-24(2,3)22(35)38-17-19(32)16-30(12-6-20(33)28-10-8-26)13-7-21(34)29-11-9-27/h19,31-32H,5-18,26-27H2,1-4H3,(H,28,33)(H,29,34). The first kappa shape index (κ1) is 35.7. The molecule has 13 heteroatoms. The lowest BCUT2D eigenvalue weighted by molar-refractivity contribution is -0.165. The fraction of sp³-hybridized carbons (Fsp3) is 0.840. The number of nitrogens with two attached hydrogens (primary N) is 2. The smallest absolute Gasteiger partial charge is 0.311 e. The summed E-state index contributed by atoms with van der Waals surface area (Å²) >= 11 is 0. The van der Waals surface area contributed by atoms with E-state index in [4.69, 9.17) is 26.0 Å². The summed E-state index contributed by atoms with van der Waals surface area (Å²) < 4.78 is 10.5. The van der Waals surface area contributed by atoms with E-state index >= 15 is 0 Å². The SMILES string of the molecule is CCC(C)(CC(C)(C)C(=O)OCC(O)CN(CCC(=O)NCCN)CCC(=O)NCCN)C(=O)OCCO. The molecule has 0 aliphatic carbocycles. The first-order valence-corrected chi connectivity index (χ1v) is 13.1. The zero-order chi connectivity index (χ0) is 29.2. The maximum atomic E-state index is 12.9. The number of aliphatic hydroxyl groups is 2. The van der Waals surface area contributed by atoms with Crippen LogP contribution in [0.15, 0.2) is 0 Å². The van der Waals surface area contributed by atoms with Gasteiger partial charge in [0.25, 0.3) is 0 Å². The number of hydrogen-bond acceptors (Lipinski definition) is 11. The van der Waals surface area contributed by atoms with Crippen LogP contribution in [-0.4, -0.2) is 111 Å². The number of nitrogens with one attached hydrogen (secondary N) is 2. The first-order chi connectivity index (χ1) is 17.8. The van der Waals surface area contributed by atoms with Crippen LogP contribution in [0.1, 0.15) is 53.4 Å². The molecular formula is C25H49N5O8. The summed E-state index contributed by atoms with van der Waals surface area (Å²) in [6.45, 7) is 8.08. The zero-order valence-electron chi connectivity index (χ0n) is 23.4. The number of amides is 2. The molecule has 0 rings (SSSR count). The Morgan fingerprint density at radius 2 is 1.45 bits per heavy atom. The molecular weight excluding hydrogens is 498 g/mol. The van der Waals surface area contributed by atoms with Crippen LogP contribution in [0.2, 0.25) is 0 Å². The Kier molecular flexibility index (Phi) is 17.7. The number of esters is 2. The van der Waals surface area contributed by atoms with Crippen molar-refractivity contribution in [1.29, 1.82) is 0 Å². The fourth-order valence-corrected chi connectivity index (χ4v) is 3.83. The lowest BCUT2D eigenvalue weighted by Gasteiger charge is -2.34. The molecule has 38 heavy (non-hydrogen) atoms. The van der Waals surface area contributed by atoms with E-state index in [0.29, 0.717) is 32.6 Å². The normalized spacial score (nSPS) is 13.9. The summed E-state index contributed by atoms with van der Waals surface area (Å²) in [5.74, 6) is -1.49. The Morgan fingerprint density at radius 1 is 0.921 bits per heavy atom. The summed E-state index contributed by atoms with van der Waals surface area (Å²) in [7, 11) is 0. The number of carbonyl (C=O) groups is 4. The highest BCUT2D eigenvalue weighted by molar-refractivity contribution is 5.80. The molecule has 0 aromatic rings. The Morgan fingerprint density at radius 3 is 1.89 bits per heavy atom. The van der Waals surface area contributed by atoms with Crippen molar-refractivity contribution in [1.82, 2.24) is 15.5 Å². The summed E-state index contributed by atoms with van der Waals surface area (Å²) in [5, 5.41) is 24.8. The highest BCUT2D eigenvalue weighted by Gasteiger charge is 2.43. The minimum atomic E-state index is -1.07. The molecule has 222 valence electrons. The van der Waals surface area contributed by atoms with Crippen LogP contribution < -0.4 is 22.1 Å². The molecule has 13 nitrogen and oxygen atoms in total. The molecule has 0 radical (unpaired) electrons. The topological polar surface area (TPSA) is 207 Å². The van der Waals surface area contributed by atoms with E-state index in [1.165, 1.54) is 0 Å². The van der Waals surface area contributed by atoms with Gasteiger partial charge in [-0.05, 0) is 33.6 Å². The van der Waals surface area contributed by atoms with Gasteiger partial charge in [0.05, 0.1) is 17.4 Å². The Labute approximate surface area is 225 Å². The average molecular weight is 548 g/mol. The van der Waals surface area contributed by atoms with Gasteiger partial charge in [0.15, 0.2) is 0 Å². The maximum Gasteiger partial charge on any atom is 0.311 e. The second kappa shape index (κ2) is 18.9. The van der Waals surface area contributed by atoms with E-state index in [2.05, 4.69) is 10.6 Å². The van der Waals surface area contributed by atoms with Crippen LogP contribution >= 0.6 is 0 Å². The van der Waals surface area contributed by atoms with Gasteiger partial charge in [-0.25, -0.2) is 0 Å². The quantitative estimate of drug-likeness (QED) is 0.0911. The van der Waals surface area contributed by atoms with E-state index < -0.39 is 28.9 Å². The number of nitrogens with zero attached hydrogens (tertiary/aromatic N) is 1. The first-order valence-electron chi connectivity index (χ1n) is 13.1. The van der Waals surface area contributed by atoms with Gasteiger partial charge < -0.3 is 41.8 Å². The van der Waals surface area contributed by atoms with Crippen molar-refractivity contribution in [2.24, 2.45) is 22.3 Å². The fourth-order valence-electron chi connectivity index (χ4n) is 3.83. The monoisotopic (exact) mass is 547 g/mol. The molecule has 0 fully saturated rings. The van der Waals surface area contributed by atoms with E-state index in [1.807, 2.05) is 6.92 Å². The molecule has 2 atom stereocenters. The molecule has 0 heterocycles. The van der Waals surface area contributed by atoms with Gasteiger partial charge in [0, 0.05) is 58.7 Å². The number of ether oxygens (including phenoxy) is 2. The second-order valence-electron chi connectivity index (χ2n) is 10.2. The Bertz CT molecular complexity index is 713. The third kappa shape index (κ3) is 14.6. The molecule has 8 N–H and O–H groups in total. The van der Waals surface area contributed by atoms with Crippen LogP contribution in [0.4, 0.5) is 0 Å². The predicted octanol–water partition coefficient (Wildman–Crippen LogP) is -1.51. The second-order valence-corrected chi connectivity index (χ2v) is 10.2. The van der Waals surface area contributed by atoms with Gasteiger partial charge in [0.2, 0.25) is 11.8 Å². The molecule has 0 aliphatic heterocycles. The van der Waals surface area contributed by atoms with Gasteiger partial charge >= 0.3 is 11.9 Å². The van der Waals surface area contributed by atoms with Crippen LogP contribution in [-0.2, 0) is 28.7 Å². The van der Waals surface area contributed by atoms with E-state index in [1.54, 1.807) is 25.7 Å². The third-order valence-electron chi connectivity index (χ3n) is 6.10. The van der Waals surface area contributed by atoms with Crippen molar-refractivity contribution >= 4 is 23.8 Å². The van der Waals surface area contributed by atoms with Gasteiger partial charge in [-0.1, -0.05) is 6.92 Å². The van der Waals surface area contributed by atoms with Crippen molar-refractivity contribution in [2.45, 2.75) is 59.5 Å². The Balaban J connectivity index is 5.03. The van der Waals surface area contributed by atoms with Crippen LogP contribution in [0.25, 0.3) is 0 Å².